The molecule has 0 fully saturated rings. The van der Waals surface area contributed by atoms with Crippen LogP contribution >= 0.6 is 0 Å². The van der Waals surface area contributed by atoms with E-state index in [0.29, 0.717) is 13.1 Å². The summed E-state index contributed by atoms with van der Waals surface area (Å²) in [5, 5.41) is 2.59. The molecule has 0 aliphatic heterocycles. The van der Waals surface area contributed by atoms with Gasteiger partial charge < -0.3 is 11.0 Å². The van der Waals surface area contributed by atoms with Gasteiger partial charge in [-0.25, -0.2) is 0 Å². The van der Waals surface area contributed by atoms with Gasteiger partial charge in [0.15, 0.2) is 7.98 Å². The normalized spacial score (nSPS) is 9.91. The fourth-order valence-electron chi connectivity index (χ4n) is 0.911. The third-order valence-corrected chi connectivity index (χ3v) is 1.56. The van der Waals surface area contributed by atoms with E-state index in [2.05, 4.69) is 5.23 Å². The second-order valence-corrected chi connectivity index (χ2v) is 2.40. The molecular weight excluding hydrogens is 135 g/mol. The maximum Gasteiger partial charge on any atom is 0.178 e. The molecule has 3 heteroatoms. The molecular formula is C8H11BN2. The van der Waals surface area contributed by atoms with Gasteiger partial charge in [-0.3, -0.25) is 0 Å². The van der Waals surface area contributed by atoms with Crippen molar-refractivity contribution in [3.8, 4) is 0 Å². The van der Waals surface area contributed by atoms with Crippen LogP contribution in [0.4, 0.5) is 0 Å². The first-order chi connectivity index (χ1) is 5.36. The molecule has 0 aliphatic rings. The van der Waals surface area contributed by atoms with E-state index in [4.69, 9.17) is 13.7 Å². The highest BCUT2D eigenvalue weighted by atomic mass is 14.7. The van der Waals surface area contributed by atoms with Gasteiger partial charge in [-0.15, -0.1) is 0 Å². The second-order valence-electron chi connectivity index (χ2n) is 2.40. The monoisotopic (exact) mass is 146 g/mol. The minimum atomic E-state index is 0.594. The van der Waals surface area contributed by atoms with Gasteiger partial charge in [0.25, 0.3) is 0 Å². The molecule has 3 N–H and O–H groups in total. The van der Waals surface area contributed by atoms with E-state index in [1.807, 2.05) is 24.3 Å². The standard InChI is InChI=1S/C8H11BN2/c9-11-6-8-3-1-7(5-10)2-4-8/h1-4,11H,5-6,10H2. The molecule has 0 atom stereocenters. The molecule has 2 nitrogen and oxygen atoms in total. The summed E-state index contributed by atoms with van der Waals surface area (Å²) in [4.78, 5) is 0. The van der Waals surface area contributed by atoms with Gasteiger partial charge in [-0.05, 0) is 11.1 Å². The molecule has 0 bridgehead atoms. The second kappa shape index (κ2) is 4.16. The van der Waals surface area contributed by atoms with Crippen LogP contribution in [-0.2, 0) is 13.1 Å². The van der Waals surface area contributed by atoms with Crippen molar-refractivity contribution in [2.45, 2.75) is 13.1 Å². The number of nitrogens with two attached hydrogens (primary N) is 1. The minimum Gasteiger partial charge on any atom is -0.363 e. The SMILES string of the molecule is [B]NCc1ccc(CN)cc1. The lowest BCUT2D eigenvalue weighted by Gasteiger charge is -2.00. The number of hydrogen-bond donors (Lipinski definition) is 2. The van der Waals surface area contributed by atoms with Crippen molar-refractivity contribution in [3.05, 3.63) is 35.4 Å². The molecule has 0 aliphatic carbocycles. The highest BCUT2D eigenvalue weighted by molar-refractivity contribution is 6.04. The molecule has 0 unspecified atom stereocenters. The van der Waals surface area contributed by atoms with Gasteiger partial charge in [0, 0.05) is 13.1 Å². The predicted octanol–water partition coefficient (Wildman–Crippen LogP) is 0.318. The zero-order valence-electron chi connectivity index (χ0n) is 6.38. The van der Waals surface area contributed by atoms with Crippen molar-refractivity contribution in [1.82, 2.24) is 5.23 Å². The van der Waals surface area contributed by atoms with E-state index in [1.54, 1.807) is 0 Å². The van der Waals surface area contributed by atoms with Gasteiger partial charge in [-0.1, -0.05) is 24.3 Å². The Hall–Kier alpha value is -0.795. The van der Waals surface area contributed by atoms with Gasteiger partial charge >= 0.3 is 0 Å². The summed E-state index contributed by atoms with van der Waals surface area (Å²) in [5.41, 5.74) is 7.75. The molecule has 0 spiro atoms. The van der Waals surface area contributed by atoms with E-state index >= 15 is 0 Å². The summed E-state index contributed by atoms with van der Waals surface area (Å²) < 4.78 is 0. The Labute approximate surface area is 68.2 Å². The molecule has 1 rings (SSSR count). The molecule has 0 saturated carbocycles. The van der Waals surface area contributed by atoms with Crippen LogP contribution in [0.3, 0.4) is 0 Å². The van der Waals surface area contributed by atoms with E-state index in [9.17, 15) is 0 Å². The summed E-state index contributed by atoms with van der Waals surface area (Å²) in [6.45, 7) is 1.29. The third kappa shape index (κ3) is 2.37. The van der Waals surface area contributed by atoms with Crippen LogP contribution in [0, 0.1) is 0 Å². The first-order valence-corrected chi connectivity index (χ1v) is 3.58. The van der Waals surface area contributed by atoms with Crippen molar-refractivity contribution in [1.29, 1.82) is 0 Å². The summed E-state index contributed by atoms with van der Waals surface area (Å²) in [6, 6.07) is 8.05. The molecule has 56 valence electrons. The first kappa shape index (κ1) is 8.30. The summed E-state index contributed by atoms with van der Waals surface area (Å²) in [7, 11) is 5.16. The lowest BCUT2D eigenvalue weighted by atomic mass is 10.1. The lowest BCUT2D eigenvalue weighted by Crippen LogP contribution is -2.07. The van der Waals surface area contributed by atoms with Crippen LogP contribution in [0.1, 0.15) is 11.1 Å². The highest BCUT2D eigenvalue weighted by Gasteiger charge is 1.90. The maximum absolute atomic E-state index is 5.43. The number of benzene rings is 1. The lowest BCUT2D eigenvalue weighted by molar-refractivity contribution is 0.956. The number of hydrogen-bond acceptors (Lipinski definition) is 2. The Kier molecular flexibility index (Phi) is 3.14. The van der Waals surface area contributed by atoms with Crippen molar-refractivity contribution >= 4 is 7.98 Å². The first-order valence-electron chi connectivity index (χ1n) is 3.58. The molecule has 1 aromatic rings. The maximum atomic E-state index is 5.43. The van der Waals surface area contributed by atoms with Crippen LogP contribution < -0.4 is 11.0 Å². The van der Waals surface area contributed by atoms with E-state index in [-0.39, 0.29) is 0 Å². The van der Waals surface area contributed by atoms with Gasteiger partial charge in [0.1, 0.15) is 0 Å². The highest BCUT2D eigenvalue weighted by Crippen LogP contribution is 2.02. The Morgan fingerprint density at radius 2 is 1.73 bits per heavy atom. The summed E-state index contributed by atoms with van der Waals surface area (Å²) in [6.07, 6.45) is 0. The van der Waals surface area contributed by atoms with E-state index in [0.717, 1.165) is 5.56 Å². The summed E-state index contributed by atoms with van der Waals surface area (Å²) in [5.74, 6) is 0. The molecule has 2 radical (unpaired) electrons. The fourth-order valence-corrected chi connectivity index (χ4v) is 0.911. The number of nitrogens with one attached hydrogen (secondary N) is 1. The van der Waals surface area contributed by atoms with Crippen LogP contribution in [-0.4, -0.2) is 7.98 Å². The minimum absolute atomic E-state index is 0.594. The number of rotatable bonds is 3. The van der Waals surface area contributed by atoms with Crippen LogP contribution in [0.25, 0.3) is 0 Å². The molecule has 1 aromatic carbocycles. The van der Waals surface area contributed by atoms with Crippen molar-refractivity contribution in [2.75, 3.05) is 0 Å². The van der Waals surface area contributed by atoms with Crippen molar-refractivity contribution in [3.63, 3.8) is 0 Å². The van der Waals surface area contributed by atoms with Gasteiger partial charge in [0.2, 0.25) is 0 Å². The molecule has 0 amide bonds. The average molecular weight is 146 g/mol. The largest absolute Gasteiger partial charge is 0.363 e. The Morgan fingerprint density at radius 1 is 1.18 bits per heavy atom. The van der Waals surface area contributed by atoms with E-state index < -0.39 is 0 Å². The van der Waals surface area contributed by atoms with Gasteiger partial charge in [-0.2, -0.15) is 0 Å². The zero-order valence-corrected chi connectivity index (χ0v) is 6.38. The zero-order chi connectivity index (χ0) is 8.10. The Bertz CT molecular complexity index is 208. The Morgan fingerprint density at radius 3 is 2.18 bits per heavy atom. The average Bonchev–Trinajstić information content (AvgIpc) is 2.07. The molecule has 11 heavy (non-hydrogen) atoms. The molecule has 0 aromatic heterocycles. The quantitative estimate of drug-likeness (QED) is 0.602. The van der Waals surface area contributed by atoms with Crippen LogP contribution in [0.5, 0.6) is 0 Å². The fraction of sp³-hybridized carbons (Fsp3) is 0.250. The third-order valence-electron chi connectivity index (χ3n) is 1.56. The van der Waals surface area contributed by atoms with E-state index in [1.165, 1.54) is 5.56 Å². The topological polar surface area (TPSA) is 38.0 Å². The molecule has 0 heterocycles. The van der Waals surface area contributed by atoms with Crippen molar-refractivity contribution in [2.24, 2.45) is 5.73 Å². The predicted molar refractivity (Wildman–Crippen MR) is 46.9 cm³/mol. The van der Waals surface area contributed by atoms with Crippen molar-refractivity contribution < 1.29 is 0 Å². The molecule has 0 saturated heterocycles. The van der Waals surface area contributed by atoms with Crippen LogP contribution in [0.15, 0.2) is 24.3 Å². The van der Waals surface area contributed by atoms with Gasteiger partial charge in [0.05, 0.1) is 0 Å². The van der Waals surface area contributed by atoms with Crippen LogP contribution in [0.2, 0.25) is 0 Å². The summed E-state index contributed by atoms with van der Waals surface area (Å²) >= 11 is 0. The smallest absolute Gasteiger partial charge is 0.178 e. The Balaban J connectivity index is 2.66.